The Bertz CT molecular complexity index is 1810. The molecule has 0 unspecified atom stereocenters. The van der Waals surface area contributed by atoms with Gasteiger partial charge < -0.3 is 34.9 Å². The van der Waals surface area contributed by atoms with Crippen molar-refractivity contribution in [1.82, 2.24) is 25.0 Å². The molecule has 0 saturated heterocycles. The normalized spacial score (nSPS) is 11.5. The fraction of sp³-hybridized carbons (Fsp3) is 0.417. The number of anilines is 3. The fourth-order valence-corrected chi connectivity index (χ4v) is 4.89. The number of alkyl carbamates (subject to hydrolysis) is 1. The van der Waals surface area contributed by atoms with Gasteiger partial charge in [0.25, 0.3) is 5.91 Å². The second-order valence-electron chi connectivity index (χ2n) is 13.3. The zero-order valence-electron chi connectivity index (χ0n) is 29.9. The summed E-state index contributed by atoms with van der Waals surface area (Å²) >= 11 is 0. The van der Waals surface area contributed by atoms with Crippen LogP contribution in [0, 0.1) is 0 Å². The number of aryl methyl sites for hydroxylation is 1. The largest absolute Gasteiger partial charge is 0.497 e. The molecular weight excluding hydrogens is 642 g/mol. The van der Waals surface area contributed by atoms with Crippen molar-refractivity contribution in [2.24, 2.45) is 0 Å². The van der Waals surface area contributed by atoms with Crippen LogP contribution in [0.25, 0.3) is 16.9 Å². The second-order valence-corrected chi connectivity index (χ2v) is 13.3. The van der Waals surface area contributed by atoms with Gasteiger partial charge in [-0.2, -0.15) is 0 Å². The van der Waals surface area contributed by atoms with E-state index in [0.717, 1.165) is 11.3 Å². The fourth-order valence-electron chi connectivity index (χ4n) is 4.89. The number of methoxy groups -OCH3 is 1. The molecule has 268 valence electrons. The predicted molar refractivity (Wildman–Crippen MR) is 191 cm³/mol. The molecule has 3 amide bonds. The van der Waals surface area contributed by atoms with Crippen LogP contribution in [0.5, 0.6) is 5.75 Å². The van der Waals surface area contributed by atoms with Crippen LogP contribution in [0.4, 0.5) is 26.8 Å². The average Bonchev–Trinajstić information content (AvgIpc) is 3.47. The Morgan fingerprint density at radius 2 is 1.56 bits per heavy atom. The van der Waals surface area contributed by atoms with Gasteiger partial charge in [-0.1, -0.05) is 6.92 Å². The predicted octanol–water partition coefficient (Wildman–Crippen LogP) is 6.33. The molecule has 0 aliphatic heterocycles. The number of hydrogen-bond donors (Lipinski definition) is 4. The Morgan fingerprint density at radius 1 is 0.860 bits per heavy atom. The zero-order chi connectivity index (χ0) is 36.5. The number of hydrogen-bond acceptors (Lipinski definition) is 10. The van der Waals surface area contributed by atoms with Gasteiger partial charge in [0.2, 0.25) is 0 Å². The Morgan fingerprint density at radius 3 is 2.24 bits per heavy atom. The minimum absolute atomic E-state index is 0.211. The number of carbonyl (C=O) groups excluding carboxylic acids is 3. The zero-order valence-corrected chi connectivity index (χ0v) is 29.9. The van der Waals surface area contributed by atoms with E-state index >= 15 is 0 Å². The monoisotopic (exact) mass is 689 g/mol. The molecule has 4 N–H and O–H groups in total. The molecule has 0 atom stereocenters. The van der Waals surface area contributed by atoms with Crippen LogP contribution >= 0.6 is 0 Å². The molecule has 0 fully saturated rings. The summed E-state index contributed by atoms with van der Waals surface area (Å²) in [5.41, 5.74) is 3.38. The van der Waals surface area contributed by atoms with Crippen molar-refractivity contribution in [1.29, 1.82) is 0 Å². The summed E-state index contributed by atoms with van der Waals surface area (Å²) in [4.78, 5) is 46.6. The molecule has 2 aromatic carbocycles. The van der Waals surface area contributed by atoms with E-state index in [1.807, 2.05) is 29.5 Å². The Kier molecular flexibility index (Phi) is 12.2. The number of carbonyl (C=O) groups is 3. The van der Waals surface area contributed by atoms with Crippen molar-refractivity contribution in [2.75, 3.05) is 44.0 Å². The van der Waals surface area contributed by atoms with E-state index in [1.54, 1.807) is 85.4 Å². The molecule has 14 nitrogen and oxygen atoms in total. The lowest BCUT2D eigenvalue weighted by Gasteiger charge is -2.20. The SMILES string of the molecule is CCc1cc(Nc2nccn3c(-c4ccc(OC)cc4NC(=O)OC(C)(C)C)cnc23)ccc1C(=O)NCCOCCNC(=O)OC(C)(C)C. The third-order valence-corrected chi connectivity index (χ3v) is 7.01. The maximum atomic E-state index is 13.0. The number of amides is 3. The minimum Gasteiger partial charge on any atom is -0.497 e. The molecule has 2 heterocycles. The number of fused-ring (bicyclic) bond motifs is 1. The van der Waals surface area contributed by atoms with Crippen LogP contribution in [-0.4, -0.2) is 77.1 Å². The van der Waals surface area contributed by atoms with E-state index in [2.05, 4.69) is 31.2 Å². The summed E-state index contributed by atoms with van der Waals surface area (Å²) in [5, 5.41) is 11.7. The molecule has 0 aliphatic rings. The van der Waals surface area contributed by atoms with Gasteiger partial charge in [0.05, 0.1) is 37.9 Å². The van der Waals surface area contributed by atoms with Gasteiger partial charge in [-0.15, -0.1) is 0 Å². The van der Waals surface area contributed by atoms with Gasteiger partial charge in [-0.25, -0.2) is 19.6 Å². The summed E-state index contributed by atoms with van der Waals surface area (Å²) in [5.74, 6) is 0.864. The summed E-state index contributed by atoms with van der Waals surface area (Å²) in [6.45, 7) is 14.0. The first kappa shape index (κ1) is 37.4. The number of benzene rings is 2. The number of ether oxygens (including phenoxy) is 4. The van der Waals surface area contributed by atoms with Gasteiger partial charge in [-0.05, 0) is 83.9 Å². The van der Waals surface area contributed by atoms with Gasteiger partial charge in [0, 0.05) is 48.4 Å². The summed E-state index contributed by atoms with van der Waals surface area (Å²) < 4.78 is 23.5. The van der Waals surface area contributed by atoms with Crippen LogP contribution in [-0.2, 0) is 20.6 Å². The van der Waals surface area contributed by atoms with Gasteiger partial charge >= 0.3 is 12.2 Å². The average molecular weight is 690 g/mol. The second kappa shape index (κ2) is 16.4. The van der Waals surface area contributed by atoms with Crippen molar-refractivity contribution in [2.45, 2.75) is 66.1 Å². The molecular formula is C36H47N7O7. The molecule has 0 aliphatic carbocycles. The maximum Gasteiger partial charge on any atom is 0.412 e. The highest BCUT2D eigenvalue weighted by atomic mass is 16.6. The lowest BCUT2D eigenvalue weighted by Crippen LogP contribution is -2.34. The van der Waals surface area contributed by atoms with Crippen LogP contribution in [0.1, 0.15) is 64.4 Å². The molecule has 50 heavy (non-hydrogen) atoms. The lowest BCUT2D eigenvalue weighted by atomic mass is 10.0. The van der Waals surface area contributed by atoms with E-state index in [-0.39, 0.29) is 5.91 Å². The summed E-state index contributed by atoms with van der Waals surface area (Å²) in [6, 6.07) is 10.9. The van der Waals surface area contributed by atoms with Crippen LogP contribution in [0.15, 0.2) is 55.0 Å². The van der Waals surface area contributed by atoms with Gasteiger partial charge in [0.15, 0.2) is 11.5 Å². The first-order chi connectivity index (χ1) is 23.7. The van der Waals surface area contributed by atoms with Crippen molar-refractivity contribution in [3.8, 4) is 17.0 Å². The third kappa shape index (κ3) is 10.6. The standard InChI is InChI=1S/C36H47N7O7/c1-9-23-20-24(10-12-26(23)32(44)38-15-18-48-19-16-39-33(45)49-35(2,3)4)41-30-31-40-22-29(43(31)17-14-37-30)27-13-11-25(47-8)21-28(27)42-34(46)50-36(5,6)7/h10-14,17,20-22H,9,15-16,18-19H2,1-8H3,(H,37,41)(H,38,44)(H,39,45)(H,42,46). The number of imidazole rings is 1. The number of nitrogens with one attached hydrogen (secondary N) is 4. The molecule has 4 rings (SSSR count). The Labute approximate surface area is 292 Å². The maximum absolute atomic E-state index is 13.0. The molecule has 2 aromatic heterocycles. The van der Waals surface area contributed by atoms with Gasteiger partial charge in [-0.3, -0.25) is 14.5 Å². The Balaban J connectivity index is 1.42. The van der Waals surface area contributed by atoms with Crippen LogP contribution in [0.3, 0.4) is 0 Å². The topological polar surface area (TPSA) is 166 Å². The third-order valence-electron chi connectivity index (χ3n) is 7.01. The molecule has 0 radical (unpaired) electrons. The van der Waals surface area contributed by atoms with Crippen molar-refractivity contribution >= 4 is 40.9 Å². The highest BCUT2D eigenvalue weighted by molar-refractivity contribution is 5.96. The Hall–Kier alpha value is -5.37. The minimum atomic E-state index is -0.669. The van der Waals surface area contributed by atoms with Crippen molar-refractivity contribution in [3.05, 3.63) is 66.1 Å². The number of nitrogens with zero attached hydrogens (tertiary/aromatic N) is 3. The molecule has 0 spiro atoms. The number of aromatic nitrogens is 3. The van der Waals surface area contributed by atoms with Crippen LogP contribution in [0.2, 0.25) is 0 Å². The summed E-state index contributed by atoms with van der Waals surface area (Å²) in [7, 11) is 1.56. The molecule has 0 bridgehead atoms. The lowest BCUT2D eigenvalue weighted by molar-refractivity contribution is 0.0499. The van der Waals surface area contributed by atoms with Crippen molar-refractivity contribution < 1.29 is 33.3 Å². The summed E-state index contributed by atoms with van der Waals surface area (Å²) in [6.07, 6.45) is 4.68. The highest BCUT2D eigenvalue weighted by Gasteiger charge is 2.21. The first-order valence-corrected chi connectivity index (χ1v) is 16.4. The van der Waals surface area contributed by atoms with E-state index in [0.29, 0.717) is 72.4 Å². The van der Waals surface area contributed by atoms with E-state index < -0.39 is 23.4 Å². The van der Waals surface area contributed by atoms with Crippen LogP contribution < -0.4 is 26.0 Å². The quantitative estimate of drug-likeness (QED) is 0.117. The first-order valence-electron chi connectivity index (χ1n) is 16.4. The molecule has 14 heteroatoms. The van der Waals surface area contributed by atoms with E-state index in [9.17, 15) is 14.4 Å². The van der Waals surface area contributed by atoms with Gasteiger partial charge in [0.1, 0.15) is 17.0 Å². The number of rotatable bonds is 13. The molecule has 4 aromatic rings. The van der Waals surface area contributed by atoms with E-state index in [4.69, 9.17) is 18.9 Å². The highest BCUT2D eigenvalue weighted by Crippen LogP contribution is 2.34. The van der Waals surface area contributed by atoms with Crippen molar-refractivity contribution in [3.63, 3.8) is 0 Å². The smallest absolute Gasteiger partial charge is 0.412 e. The van der Waals surface area contributed by atoms with E-state index in [1.165, 1.54) is 0 Å². The molecule has 0 saturated carbocycles.